The molecule has 0 bridgehead atoms. The van der Waals surface area contributed by atoms with Gasteiger partial charge in [0.1, 0.15) is 0 Å². The minimum atomic E-state index is 0.198. The number of hydrogen-bond donors (Lipinski definition) is 0. The molecule has 0 heteroatoms. The third-order valence-electron chi connectivity index (χ3n) is 4.73. The Balaban J connectivity index is 2.11. The molecule has 0 aliphatic heterocycles. The first-order valence-electron chi connectivity index (χ1n) is 8.47. The standard InChI is InChI=1S/C23H26/c1-6-8-20-16(2)15-18-9-7-10-21(22(18)20)17-11-13-19(14-12-17)23(3,4)5/h6-14H,15H2,1-5H3. The molecule has 0 fully saturated rings. The lowest BCUT2D eigenvalue weighted by Crippen LogP contribution is -2.10. The Kier molecular flexibility index (Phi) is 4.02. The highest BCUT2D eigenvalue weighted by atomic mass is 14.2. The van der Waals surface area contributed by atoms with Crippen molar-refractivity contribution >= 4 is 5.57 Å². The first kappa shape index (κ1) is 15.8. The molecule has 3 rings (SSSR count). The second-order valence-corrected chi connectivity index (χ2v) is 7.54. The lowest BCUT2D eigenvalue weighted by atomic mass is 9.85. The van der Waals surface area contributed by atoms with Crippen molar-refractivity contribution in [1.29, 1.82) is 0 Å². The molecule has 118 valence electrons. The van der Waals surface area contributed by atoms with Crippen LogP contribution < -0.4 is 0 Å². The SMILES string of the molecule is CC=CC1=C(C)Cc2cccc(-c3ccc(C(C)(C)C)cc3)c21. The Labute approximate surface area is 140 Å². The van der Waals surface area contributed by atoms with Gasteiger partial charge in [-0.1, -0.05) is 81.0 Å². The van der Waals surface area contributed by atoms with E-state index in [-0.39, 0.29) is 5.41 Å². The number of rotatable bonds is 2. The second-order valence-electron chi connectivity index (χ2n) is 7.54. The van der Waals surface area contributed by atoms with E-state index in [9.17, 15) is 0 Å². The van der Waals surface area contributed by atoms with Crippen molar-refractivity contribution < 1.29 is 0 Å². The first-order chi connectivity index (χ1) is 10.9. The Morgan fingerprint density at radius 3 is 2.26 bits per heavy atom. The van der Waals surface area contributed by atoms with Crippen LogP contribution in [0, 0.1) is 0 Å². The van der Waals surface area contributed by atoms with Gasteiger partial charge in [-0.05, 0) is 59.1 Å². The summed E-state index contributed by atoms with van der Waals surface area (Å²) in [6.45, 7) is 11.1. The van der Waals surface area contributed by atoms with Crippen LogP contribution in [0.15, 0.2) is 60.2 Å². The van der Waals surface area contributed by atoms with Crippen LogP contribution in [0.25, 0.3) is 16.7 Å². The van der Waals surface area contributed by atoms with Crippen molar-refractivity contribution in [3.05, 3.63) is 76.9 Å². The van der Waals surface area contributed by atoms with Gasteiger partial charge in [0.05, 0.1) is 0 Å². The Hall–Kier alpha value is -2.08. The summed E-state index contributed by atoms with van der Waals surface area (Å²) >= 11 is 0. The summed E-state index contributed by atoms with van der Waals surface area (Å²) in [5.41, 5.74) is 9.99. The summed E-state index contributed by atoms with van der Waals surface area (Å²) in [4.78, 5) is 0. The summed E-state index contributed by atoms with van der Waals surface area (Å²) in [6.07, 6.45) is 5.48. The largest absolute Gasteiger partial charge is 0.0870 e. The zero-order valence-corrected chi connectivity index (χ0v) is 14.9. The molecule has 1 aliphatic carbocycles. The Morgan fingerprint density at radius 1 is 0.957 bits per heavy atom. The summed E-state index contributed by atoms with van der Waals surface area (Å²) in [5.74, 6) is 0. The third kappa shape index (κ3) is 2.91. The molecule has 0 saturated heterocycles. The summed E-state index contributed by atoms with van der Waals surface area (Å²) < 4.78 is 0. The Morgan fingerprint density at radius 2 is 1.65 bits per heavy atom. The molecule has 0 aromatic heterocycles. The predicted molar refractivity (Wildman–Crippen MR) is 102 cm³/mol. The van der Waals surface area contributed by atoms with Crippen LogP contribution in [-0.4, -0.2) is 0 Å². The van der Waals surface area contributed by atoms with Gasteiger partial charge in [-0.15, -0.1) is 0 Å². The molecule has 1 aliphatic rings. The highest BCUT2D eigenvalue weighted by Gasteiger charge is 2.21. The second kappa shape index (κ2) is 5.85. The van der Waals surface area contributed by atoms with Crippen molar-refractivity contribution in [2.45, 2.75) is 46.5 Å². The van der Waals surface area contributed by atoms with Crippen LogP contribution >= 0.6 is 0 Å². The van der Waals surface area contributed by atoms with Gasteiger partial charge in [-0.3, -0.25) is 0 Å². The quantitative estimate of drug-likeness (QED) is 0.589. The topological polar surface area (TPSA) is 0 Å². The number of allylic oxidation sites excluding steroid dienone is 4. The van der Waals surface area contributed by atoms with Gasteiger partial charge in [0.15, 0.2) is 0 Å². The van der Waals surface area contributed by atoms with Crippen LogP contribution in [0.5, 0.6) is 0 Å². The number of benzene rings is 2. The van der Waals surface area contributed by atoms with Crippen LogP contribution in [0.2, 0.25) is 0 Å². The fourth-order valence-electron chi connectivity index (χ4n) is 3.44. The Bertz CT molecular complexity index is 778. The molecule has 23 heavy (non-hydrogen) atoms. The maximum atomic E-state index is 2.27. The van der Waals surface area contributed by atoms with E-state index in [1.165, 1.54) is 39.0 Å². The molecule has 0 saturated carbocycles. The maximum Gasteiger partial charge on any atom is -0.00543 e. The van der Waals surface area contributed by atoms with E-state index in [0.717, 1.165) is 6.42 Å². The van der Waals surface area contributed by atoms with Gasteiger partial charge in [0.25, 0.3) is 0 Å². The molecular weight excluding hydrogens is 276 g/mol. The minimum Gasteiger partial charge on any atom is -0.0870 e. The molecule has 0 radical (unpaired) electrons. The monoisotopic (exact) mass is 302 g/mol. The number of fused-ring (bicyclic) bond motifs is 1. The van der Waals surface area contributed by atoms with Crippen LogP contribution in [0.4, 0.5) is 0 Å². The fraction of sp³-hybridized carbons (Fsp3) is 0.304. The molecule has 0 nitrogen and oxygen atoms in total. The van der Waals surface area contributed by atoms with E-state index in [0.29, 0.717) is 0 Å². The normalized spacial score (nSPS) is 14.7. The highest BCUT2D eigenvalue weighted by Crippen LogP contribution is 2.40. The van der Waals surface area contributed by atoms with Gasteiger partial charge in [0.2, 0.25) is 0 Å². The van der Waals surface area contributed by atoms with E-state index in [1.807, 2.05) is 0 Å². The summed E-state index contributed by atoms with van der Waals surface area (Å²) in [6, 6.07) is 15.8. The minimum absolute atomic E-state index is 0.198. The average Bonchev–Trinajstić information content (AvgIpc) is 2.83. The predicted octanol–water partition coefficient (Wildman–Crippen LogP) is 6.56. The lowest BCUT2D eigenvalue weighted by molar-refractivity contribution is 0.590. The van der Waals surface area contributed by atoms with Crippen LogP contribution in [-0.2, 0) is 11.8 Å². The molecule has 0 N–H and O–H groups in total. The van der Waals surface area contributed by atoms with E-state index in [2.05, 4.69) is 89.2 Å². The van der Waals surface area contributed by atoms with E-state index >= 15 is 0 Å². The van der Waals surface area contributed by atoms with Crippen LogP contribution in [0.1, 0.15) is 51.3 Å². The highest BCUT2D eigenvalue weighted by molar-refractivity contribution is 5.91. The molecule has 0 heterocycles. The van der Waals surface area contributed by atoms with Gasteiger partial charge < -0.3 is 0 Å². The number of hydrogen-bond acceptors (Lipinski definition) is 0. The van der Waals surface area contributed by atoms with Crippen LogP contribution in [0.3, 0.4) is 0 Å². The van der Waals surface area contributed by atoms with Crippen molar-refractivity contribution in [1.82, 2.24) is 0 Å². The molecule has 0 unspecified atom stereocenters. The molecule has 2 aromatic rings. The van der Waals surface area contributed by atoms with Gasteiger partial charge >= 0.3 is 0 Å². The summed E-state index contributed by atoms with van der Waals surface area (Å²) in [7, 11) is 0. The molecule has 0 atom stereocenters. The smallest absolute Gasteiger partial charge is 0.00543 e. The third-order valence-corrected chi connectivity index (χ3v) is 4.73. The van der Waals surface area contributed by atoms with Gasteiger partial charge in [0, 0.05) is 0 Å². The first-order valence-corrected chi connectivity index (χ1v) is 8.47. The van der Waals surface area contributed by atoms with Crippen molar-refractivity contribution in [2.75, 3.05) is 0 Å². The molecule has 2 aromatic carbocycles. The zero-order chi connectivity index (χ0) is 16.6. The maximum absolute atomic E-state index is 2.27. The lowest BCUT2D eigenvalue weighted by Gasteiger charge is -2.19. The molecule has 0 amide bonds. The van der Waals surface area contributed by atoms with Gasteiger partial charge in [-0.25, -0.2) is 0 Å². The van der Waals surface area contributed by atoms with Crippen molar-refractivity contribution in [3.8, 4) is 11.1 Å². The van der Waals surface area contributed by atoms with E-state index in [4.69, 9.17) is 0 Å². The van der Waals surface area contributed by atoms with Crippen molar-refractivity contribution in [3.63, 3.8) is 0 Å². The molecular formula is C23H26. The van der Waals surface area contributed by atoms with E-state index < -0.39 is 0 Å². The van der Waals surface area contributed by atoms with Crippen molar-refractivity contribution in [2.24, 2.45) is 0 Å². The fourth-order valence-corrected chi connectivity index (χ4v) is 3.44. The zero-order valence-electron chi connectivity index (χ0n) is 14.9. The summed E-state index contributed by atoms with van der Waals surface area (Å²) in [5, 5.41) is 0. The average molecular weight is 302 g/mol. The molecule has 0 spiro atoms. The van der Waals surface area contributed by atoms with Gasteiger partial charge in [-0.2, -0.15) is 0 Å². The van der Waals surface area contributed by atoms with E-state index in [1.54, 1.807) is 0 Å².